The lowest BCUT2D eigenvalue weighted by Crippen LogP contribution is -2.27. The number of fused-ring (bicyclic) bond motifs is 1. The lowest BCUT2D eigenvalue weighted by atomic mass is 9.84. The molecule has 1 aliphatic heterocycles. The number of rotatable bonds is 2. The van der Waals surface area contributed by atoms with Crippen LogP contribution in [0.25, 0.3) is 0 Å². The molecule has 1 aromatic rings. The fourth-order valence-corrected chi connectivity index (χ4v) is 2.39. The Morgan fingerprint density at radius 1 is 1.69 bits per heavy atom. The molecule has 0 bridgehead atoms. The first-order valence-electron chi connectivity index (χ1n) is 4.71. The predicted octanol–water partition coefficient (Wildman–Crippen LogP) is 2.05. The summed E-state index contributed by atoms with van der Waals surface area (Å²) in [6, 6.07) is 1.79. The Kier molecular flexibility index (Phi) is 2.71. The molecule has 0 aliphatic carbocycles. The number of aryl methyl sites for hydroxylation is 1. The smallest absolute Gasteiger partial charge is 0.156 e. The van der Waals surface area contributed by atoms with Crippen molar-refractivity contribution in [1.82, 2.24) is 4.98 Å². The van der Waals surface area contributed by atoms with Gasteiger partial charge in [0.2, 0.25) is 0 Å². The van der Waals surface area contributed by atoms with Crippen LogP contribution in [0.4, 0.5) is 0 Å². The number of hydrogen-bond donors (Lipinski definition) is 1. The molecular formula is C11H10BrNO3. The maximum atomic E-state index is 11.2. The maximum Gasteiger partial charge on any atom is 0.156 e. The van der Waals surface area contributed by atoms with Crippen LogP contribution in [0.2, 0.25) is 0 Å². The molecule has 0 aromatic carbocycles. The quantitative estimate of drug-likeness (QED) is 0.513. The van der Waals surface area contributed by atoms with E-state index in [9.17, 15) is 4.79 Å². The van der Waals surface area contributed by atoms with E-state index in [1.165, 1.54) is 6.08 Å². The number of carbonyl (C=O) groups is 1. The lowest BCUT2D eigenvalue weighted by molar-refractivity contribution is -0.111. The molecule has 1 aliphatic rings. The van der Waals surface area contributed by atoms with Crippen molar-refractivity contribution in [2.45, 2.75) is 12.3 Å². The van der Waals surface area contributed by atoms with Gasteiger partial charge in [-0.1, -0.05) is 0 Å². The zero-order chi connectivity index (χ0) is 11.8. The van der Waals surface area contributed by atoms with Crippen molar-refractivity contribution >= 4 is 22.2 Å². The molecule has 1 aromatic heterocycles. The van der Waals surface area contributed by atoms with E-state index >= 15 is 0 Å². The molecule has 16 heavy (non-hydrogen) atoms. The van der Waals surface area contributed by atoms with Crippen LogP contribution in [0.15, 0.2) is 23.0 Å². The van der Waals surface area contributed by atoms with E-state index in [4.69, 9.17) is 9.84 Å². The molecule has 4 nitrogen and oxygen atoms in total. The monoisotopic (exact) mass is 283 g/mol. The third kappa shape index (κ3) is 1.51. The van der Waals surface area contributed by atoms with Gasteiger partial charge in [-0.2, -0.15) is 0 Å². The fourth-order valence-electron chi connectivity index (χ4n) is 1.78. The summed E-state index contributed by atoms with van der Waals surface area (Å²) in [7, 11) is 0. The summed E-state index contributed by atoms with van der Waals surface area (Å²) in [6.07, 6.45) is 3.08. The Morgan fingerprint density at radius 2 is 2.44 bits per heavy atom. The molecule has 0 saturated carbocycles. The van der Waals surface area contributed by atoms with Gasteiger partial charge in [0.15, 0.2) is 5.75 Å². The van der Waals surface area contributed by atoms with Crippen LogP contribution >= 0.6 is 15.9 Å². The van der Waals surface area contributed by atoms with Gasteiger partial charge in [-0.15, -0.1) is 0 Å². The van der Waals surface area contributed by atoms with E-state index in [1.54, 1.807) is 6.07 Å². The third-order valence-electron chi connectivity index (χ3n) is 2.60. The number of ether oxygens (including phenoxy) is 1. The van der Waals surface area contributed by atoms with Crippen LogP contribution in [-0.2, 0) is 10.2 Å². The summed E-state index contributed by atoms with van der Waals surface area (Å²) in [5, 5.41) is 8.86. The Labute approximate surface area is 101 Å². The summed E-state index contributed by atoms with van der Waals surface area (Å²) >= 11 is 3.29. The van der Waals surface area contributed by atoms with Gasteiger partial charge in [0.25, 0.3) is 0 Å². The molecule has 84 valence electrons. The molecule has 5 heteroatoms. The highest BCUT2D eigenvalue weighted by Crippen LogP contribution is 2.42. The van der Waals surface area contributed by atoms with Crippen molar-refractivity contribution < 1.29 is 14.6 Å². The Bertz CT molecular complexity index is 473. The Hall–Kier alpha value is -1.36. The number of hydrogen-bond acceptors (Lipinski definition) is 4. The second kappa shape index (κ2) is 3.90. The van der Waals surface area contributed by atoms with Gasteiger partial charge in [0.1, 0.15) is 22.9 Å². The molecule has 0 saturated heterocycles. The van der Waals surface area contributed by atoms with Crippen molar-refractivity contribution in [1.29, 1.82) is 0 Å². The van der Waals surface area contributed by atoms with Crippen LogP contribution in [0.5, 0.6) is 5.75 Å². The number of pyridine rings is 1. The lowest BCUT2D eigenvalue weighted by Gasteiger charge is -2.15. The summed E-state index contributed by atoms with van der Waals surface area (Å²) < 4.78 is 6.02. The van der Waals surface area contributed by atoms with Crippen LogP contribution in [0, 0.1) is 6.92 Å². The summed E-state index contributed by atoms with van der Waals surface area (Å²) in [6.45, 7) is 2.02. The summed E-state index contributed by atoms with van der Waals surface area (Å²) in [5.41, 5.74) is 0.612. The molecule has 2 heterocycles. The van der Waals surface area contributed by atoms with E-state index in [1.807, 2.05) is 6.92 Å². The molecule has 1 atom stereocenters. The van der Waals surface area contributed by atoms with Crippen molar-refractivity contribution in [3.05, 3.63) is 34.3 Å². The normalized spacial score (nSPS) is 23.1. The van der Waals surface area contributed by atoms with Crippen molar-refractivity contribution in [2.75, 3.05) is 6.61 Å². The number of aliphatic hydroxyl groups is 1. The van der Waals surface area contributed by atoms with E-state index in [0.717, 1.165) is 23.8 Å². The number of nitrogens with zero attached hydrogens (tertiary/aromatic N) is 1. The highest BCUT2D eigenvalue weighted by Gasteiger charge is 2.40. The molecule has 0 radical (unpaired) electrons. The first-order valence-corrected chi connectivity index (χ1v) is 5.51. The fraction of sp³-hybridized carbons (Fsp3) is 0.273. The number of aldehydes is 1. The molecule has 1 N–H and O–H groups in total. The number of halogens is 1. The average molecular weight is 284 g/mol. The van der Waals surface area contributed by atoms with Gasteiger partial charge in [0.05, 0.1) is 6.26 Å². The van der Waals surface area contributed by atoms with E-state index in [-0.39, 0.29) is 6.61 Å². The SMILES string of the molecule is Cc1cc2c(c(Br)n1)OCC2(C=O)C=CO. The van der Waals surface area contributed by atoms with Gasteiger partial charge in [-0.3, -0.25) is 0 Å². The zero-order valence-electron chi connectivity index (χ0n) is 8.61. The van der Waals surface area contributed by atoms with Crippen molar-refractivity contribution in [3.63, 3.8) is 0 Å². The predicted molar refractivity (Wildman–Crippen MR) is 61.7 cm³/mol. The van der Waals surface area contributed by atoms with Crippen LogP contribution in [0.3, 0.4) is 0 Å². The Morgan fingerprint density at radius 3 is 3.06 bits per heavy atom. The van der Waals surface area contributed by atoms with E-state index < -0.39 is 5.41 Å². The highest BCUT2D eigenvalue weighted by atomic mass is 79.9. The minimum Gasteiger partial charge on any atom is -0.516 e. The number of aliphatic hydroxyl groups excluding tert-OH is 1. The summed E-state index contributed by atoms with van der Waals surface area (Å²) in [4.78, 5) is 15.4. The maximum absolute atomic E-state index is 11.2. The average Bonchev–Trinajstić information content (AvgIpc) is 2.59. The topological polar surface area (TPSA) is 59.4 Å². The molecule has 0 fully saturated rings. The van der Waals surface area contributed by atoms with Gasteiger partial charge in [-0.25, -0.2) is 4.98 Å². The Balaban J connectivity index is 2.65. The first kappa shape index (κ1) is 11.1. The van der Waals surface area contributed by atoms with Crippen LogP contribution < -0.4 is 4.74 Å². The second-order valence-electron chi connectivity index (χ2n) is 3.69. The first-order chi connectivity index (χ1) is 7.63. The van der Waals surface area contributed by atoms with E-state index in [0.29, 0.717) is 10.4 Å². The minimum absolute atomic E-state index is 0.187. The van der Waals surface area contributed by atoms with Crippen LogP contribution in [0.1, 0.15) is 11.3 Å². The molecule has 1 unspecified atom stereocenters. The van der Waals surface area contributed by atoms with Gasteiger partial charge >= 0.3 is 0 Å². The van der Waals surface area contributed by atoms with Crippen LogP contribution in [-0.4, -0.2) is 23.0 Å². The van der Waals surface area contributed by atoms with Gasteiger partial charge in [0, 0.05) is 11.3 Å². The standard InChI is InChI=1S/C11H10BrNO3/c1-7-4-8-9(10(12)13-7)16-6-11(8,5-15)2-3-14/h2-5,14H,6H2,1H3. The molecular weight excluding hydrogens is 274 g/mol. The third-order valence-corrected chi connectivity index (χ3v) is 3.14. The minimum atomic E-state index is -0.902. The zero-order valence-corrected chi connectivity index (χ0v) is 10.2. The largest absolute Gasteiger partial charge is 0.516 e. The highest BCUT2D eigenvalue weighted by molar-refractivity contribution is 9.10. The van der Waals surface area contributed by atoms with E-state index in [2.05, 4.69) is 20.9 Å². The molecule has 2 rings (SSSR count). The van der Waals surface area contributed by atoms with Gasteiger partial charge in [-0.05, 0) is 35.0 Å². The second-order valence-corrected chi connectivity index (χ2v) is 4.44. The number of carbonyl (C=O) groups excluding carboxylic acids is 1. The van der Waals surface area contributed by atoms with Crippen molar-refractivity contribution in [3.8, 4) is 5.75 Å². The molecule has 0 spiro atoms. The molecule has 0 amide bonds. The van der Waals surface area contributed by atoms with Crippen molar-refractivity contribution in [2.24, 2.45) is 0 Å². The summed E-state index contributed by atoms with van der Waals surface area (Å²) in [5.74, 6) is 0.566. The number of aromatic nitrogens is 1. The van der Waals surface area contributed by atoms with Gasteiger partial charge < -0.3 is 14.6 Å².